The van der Waals surface area contributed by atoms with Gasteiger partial charge in [-0.25, -0.2) is 8.42 Å². The normalized spacial score (nSPS) is 24.4. The third kappa shape index (κ3) is 2.73. The topological polar surface area (TPSA) is 54.5 Å². The van der Waals surface area contributed by atoms with Gasteiger partial charge >= 0.3 is 0 Å². The molecule has 0 saturated carbocycles. The van der Waals surface area contributed by atoms with E-state index in [9.17, 15) is 13.2 Å². The summed E-state index contributed by atoms with van der Waals surface area (Å²) in [6.07, 6.45) is 2.79. The number of benzene rings is 1. The number of nitrogens with zero attached hydrogens (tertiary/aromatic N) is 1. The van der Waals surface area contributed by atoms with Gasteiger partial charge in [0, 0.05) is 18.7 Å². The predicted molar refractivity (Wildman–Crippen MR) is 78.5 cm³/mol. The summed E-state index contributed by atoms with van der Waals surface area (Å²) >= 11 is 0. The summed E-state index contributed by atoms with van der Waals surface area (Å²) in [6.45, 7) is 0.720. The van der Waals surface area contributed by atoms with Crippen LogP contribution < -0.4 is 4.90 Å². The molecule has 1 aromatic carbocycles. The van der Waals surface area contributed by atoms with Crippen molar-refractivity contribution in [3.63, 3.8) is 0 Å². The smallest absolute Gasteiger partial charge is 0.227 e. The van der Waals surface area contributed by atoms with Crippen LogP contribution in [0.15, 0.2) is 24.3 Å². The van der Waals surface area contributed by atoms with Gasteiger partial charge in [-0.1, -0.05) is 18.2 Å². The van der Waals surface area contributed by atoms with Crippen molar-refractivity contribution in [3.8, 4) is 0 Å². The molecular weight excluding hydrogens is 274 g/mol. The van der Waals surface area contributed by atoms with E-state index >= 15 is 0 Å². The van der Waals surface area contributed by atoms with E-state index in [1.54, 1.807) is 0 Å². The SMILES string of the molecule is O=C(CC1CCCS(=O)(=O)C1)N1CCc2ccccc21. The summed E-state index contributed by atoms with van der Waals surface area (Å²) in [5.74, 6) is 0.518. The van der Waals surface area contributed by atoms with Crippen molar-refractivity contribution in [2.24, 2.45) is 5.92 Å². The summed E-state index contributed by atoms with van der Waals surface area (Å²) < 4.78 is 23.3. The summed E-state index contributed by atoms with van der Waals surface area (Å²) in [7, 11) is -2.93. The van der Waals surface area contributed by atoms with Crippen LogP contribution in [0, 0.1) is 5.92 Å². The first kappa shape index (κ1) is 13.6. The molecule has 108 valence electrons. The van der Waals surface area contributed by atoms with Crippen LogP contribution in [-0.2, 0) is 21.1 Å². The lowest BCUT2D eigenvalue weighted by molar-refractivity contribution is -0.119. The highest BCUT2D eigenvalue weighted by atomic mass is 32.2. The molecule has 5 heteroatoms. The van der Waals surface area contributed by atoms with Crippen LogP contribution in [0.4, 0.5) is 5.69 Å². The molecule has 0 bridgehead atoms. The number of hydrogen-bond donors (Lipinski definition) is 0. The van der Waals surface area contributed by atoms with Crippen molar-refractivity contribution in [2.45, 2.75) is 25.7 Å². The highest BCUT2D eigenvalue weighted by Gasteiger charge is 2.30. The molecule has 1 atom stereocenters. The fourth-order valence-electron chi connectivity index (χ4n) is 3.23. The van der Waals surface area contributed by atoms with Gasteiger partial charge in [0.2, 0.25) is 5.91 Å². The number of anilines is 1. The molecule has 0 radical (unpaired) electrons. The minimum absolute atomic E-state index is 0.00554. The van der Waals surface area contributed by atoms with Crippen molar-refractivity contribution >= 4 is 21.4 Å². The van der Waals surface area contributed by atoms with Gasteiger partial charge in [-0.15, -0.1) is 0 Å². The summed E-state index contributed by atoms with van der Waals surface area (Å²) in [4.78, 5) is 14.2. The van der Waals surface area contributed by atoms with Crippen LogP contribution in [0.2, 0.25) is 0 Å². The number of carbonyl (C=O) groups excluding carboxylic acids is 1. The molecule has 1 amide bonds. The van der Waals surface area contributed by atoms with E-state index in [0.29, 0.717) is 12.8 Å². The van der Waals surface area contributed by atoms with Crippen molar-refractivity contribution in [3.05, 3.63) is 29.8 Å². The summed E-state index contributed by atoms with van der Waals surface area (Å²) in [5, 5.41) is 0. The van der Waals surface area contributed by atoms with Crippen LogP contribution in [0.5, 0.6) is 0 Å². The molecule has 20 heavy (non-hydrogen) atoms. The standard InChI is InChI=1S/C15H19NO3S/c17-15(10-12-4-3-9-20(18,19)11-12)16-8-7-13-5-1-2-6-14(13)16/h1-2,5-6,12H,3-4,7-11H2. The van der Waals surface area contributed by atoms with Crippen LogP contribution in [0.3, 0.4) is 0 Å². The zero-order chi connectivity index (χ0) is 14.2. The number of rotatable bonds is 2. The number of amides is 1. The van der Waals surface area contributed by atoms with E-state index in [1.165, 1.54) is 5.56 Å². The van der Waals surface area contributed by atoms with Crippen LogP contribution in [0.1, 0.15) is 24.8 Å². The summed E-state index contributed by atoms with van der Waals surface area (Å²) in [5.41, 5.74) is 2.20. The second-order valence-corrected chi connectivity index (χ2v) is 7.98. The Bertz CT molecular complexity index is 624. The van der Waals surface area contributed by atoms with Gasteiger partial charge in [0.15, 0.2) is 9.84 Å². The zero-order valence-corrected chi connectivity index (χ0v) is 12.2. The average Bonchev–Trinajstić information content (AvgIpc) is 2.81. The Labute approximate surface area is 119 Å². The maximum absolute atomic E-state index is 12.4. The fraction of sp³-hybridized carbons (Fsp3) is 0.533. The van der Waals surface area contributed by atoms with Gasteiger partial charge in [-0.2, -0.15) is 0 Å². The first-order valence-corrected chi connectivity index (χ1v) is 8.96. The molecule has 2 heterocycles. The Morgan fingerprint density at radius 3 is 2.90 bits per heavy atom. The monoisotopic (exact) mass is 293 g/mol. The van der Waals surface area contributed by atoms with Gasteiger partial charge in [0.25, 0.3) is 0 Å². The third-order valence-electron chi connectivity index (χ3n) is 4.21. The van der Waals surface area contributed by atoms with Crippen molar-refractivity contribution in [1.29, 1.82) is 0 Å². The molecule has 0 aromatic heterocycles. The molecular formula is C15H19NO3S. The Kier molecular flexibility index (Phi) is 3.54. The van der Waals surface area contributed by atoms with E-state index in [1.807, 2.05) is 29.2 Å². The molecule has 1 aromatic rings. The highest BCUT2D eigenvalue weighted by Crippen LogP contribution is 2.30. The van der Waals surface area contributed by atoms with Crippen molar-refractivity contribution in [1.82, 2.24) is 0 Å². The average molecular weight is 293 g/mol. The Morgan fingerprint density at radius 1 is 1.30 bits per heavy atom. The van der Waals surface area contributed by atoms with Gasteiger partial charge in [0.1, 0.15) is 0 Å². The summed E-state index contributed by atoms with van der Waals surface area (Å²) in [6, 6.07) is 7.95. The number of para-hydroxylation sites is 1. The zero-order valence-electron chi connectivity index (χ0n) is 11.4. The first-order valence-electron chi connectivity index (χ1n) is 7.14. The van der Waals surface area contributed by atoms with Crippen molar-refractivity contribution < 1.29 is 13.2 Å². The van der Waals surface area contributed by atoms with E-state index in [2.05, 4.69) is 0 Å². The minimum atomic E-state index is -2.93. The molecule has 1 unspecified atom stereocenters. The second-order valence-electron chi connectivity index (χ2n) is 5.75. The molecule has 4 nitrogen and oxygen atoms in total. The lowest BCUT2D eigenvalue weighted by Gasteiger charge is -2.24. The third-order valence-corrected chi connectivity index (χ3v) is 6.10. The minimum Gasteiger partial charge on any atom is -0.312 e. The second kappa shape index (κ2) is 5.20. The quantitative estimate of drug-likeness (QED) is 0.835. The van der Waals surface area contributed by atoms with Gasteiger partial charge in [-0.05, 0) is 36.8 Å². The molecule has 0 N–H and O–H groups in total. The Balaban J connectivity index is 1.69. The maximum atomic E-state index is 12.4. The van der Waals surface area contributed by atoms with Crippen LogP contribution in [-0.4, -0.2) is 32.4 Å². The number of hydrogen-bond acceptors (Lipinski definition) is 3. The van der Waals surface area contributed by atoms with E-state index in [0.717, 1.165) is 25.1 Å². The molecule has 0 aliphatic carbocycles. The van der Waals surface area contributed by atoms with Gasteiger partial charge < -0.3 is 4.90 Å². The molecule has 1 fully saturated rings. The molecule has 0 spiro atoms. The maximum Gasteiger partial charge on any atom is 0.227 e. The first-order chi connectivity index (χ1) is 9.55. The molecule has 3 rings (SSSR count). The van der Waals surface area contributed by atoms with E-state index in [4.69, 9.17) is 0 Å². The fourth-order valence-corrected chi connectivity index (χ4v) is 5.01. The Morgan fingerprint density at radius 2 is 2.10 bits per heavy atom. The lowest BCUT2D eigenvalue weighted by atomic mass is 10.0. The number of fused-ring (bicyclic) bond motifs is 1. The highest BCUT2D eigenvalue weighted by molar-refractivity contribution is 7.91. The number of sulfone groups is 1. The van der Waals surface area contributed by atoms with E-state index < -0.39 is 9.84 Å². The lowest BCUT2D eigenvalue weighted by Crippen LogP contribution is -2.34. The van der Waals surface area contributed by atoms with Gasteiger partial charge in [-0.3, -0.25) is 4.79 Å². The Hall–Kier alpha value is -1.36. The number of carbonyl (C=O) groups is 1. The van der Waals surface area contributed by atoms with Crippen LogP contribution >= 0.6 is 0 Å². The predicted octanol–water partition coefficient (Wildman–Crippen LogP) is 1.79. The molecule has 1 saturated heterocycles. The molecule has 2 aliphatic heterocycles. The van der Waals surface area contributed by atoms with E-state index in [-0.39, 0.29) is 23.3 Å². The van der Waals surface area contributed by atoms with Crippen LogP contribution in [0.25, 0.3) is 0 Å². The molecule has 2 aliphatic rings. The largest absolute Gasteiger partial charge is 0.312 e. The van der Waals surface area contributed by atoms with Crippen molar-refractivity contribution in [2.75, 3.05) is 23.0 Å². The van der Waals surface area contributed by atoms with Gasteiger partial charge in [0.05, 0.1) is 11.5 Å².